The number of primary amides is 1. The van der Waals surface area contributed by atoms with E-state index in [1.807, 2.05) is 31.1 Å². The van der Waals surface area contributed by atoms with Crippen molar-refractivity contribution in [3.8, 4) is 0 Å². The van der Waals surface area contributed by atoms with Gasteiger partial charge in [0.2, 0.25) is 5.91 Å². The first kappa shape index (κ1) is 15.6. The van der Waals surface area contributed by atoms with Gasteiger partial charge >= 0.3 is 5.97 Å². The van der Waals surface area contributed by atoms with Gasteiger partial charge in [-0.2, -0.15) is 0 Å². The summed E-state index contributed by atoms with van der Waals surface area (Å²) in [6.07, 6.45) is 0. The summed E-state index contributed by atoms with van der Waals surface area (Å²) in [6, 6.07) is 13.8. The lowest BCUT2D eigenvalue weighted by Crippen LogP contribution is -2.11. The van der Waals surface area contributed by atoms with Gasteiger partial charge in [0.15, 0.2) is 0 Å². The maximum Gasteiger partial charge on any atom is 0.338 e. The van der Waals surface area contributed by atoms with Crippen molar-refractivity contribution in [2.75, 3.05) is 19.0 Å². The van der Waals surface area contributed by atoms with Crippen molar-refractivity contribution >= 4 is 17.6 Å². The normalized spacial score (nSPS) is 10.1. The molecule has 0 saturated heterocycles. The molecule has 2 aromatic rings. The second-order valence-corrected chi connectivity index (χ2v) is 5.08. The average molecular weight is 298 g/mol. The molecule has 2 aromatic carbocycles. The van der Waals surface area contributed by atoms with Gasteiger partial charge in [-0.15, -0.1) is 0 Å². The molecule has 0 fully saturated rings. The smallest absolute Gasteiger partial charge is 0.338 e. The number of anilines is 1. The van der Waals surface area contributed by atoms with Crippen LogP contribution in [-0.4, -0.2) is 26.0 Å². The minimum absolute atomic E-state index is 0.146. The van der Waals surface area contributed by atoms with Crippen molar-refractivity contribution in [3.63, 3.8) is 0 Å². The molecule has 0 aliphatic rings. The van der Waals surface area contributed by atoms with E-state index < -0.39 is 5.91 Å². The zero-order valence-corrected chi connectivity index (χ0v) is 12.6. The van der Waals surface area contributed by atoms with E-state index in [4.69, 9.17) is 10.5 Å². The van der Waals surface area contributed by atoms with E-state index in [0.29, 0.717) is 11.1 Å². The Hall–Kier alpha value is -2.82. The molecule has 0 bridgehead atoms. The van der Waals surface area contributed by atoms with Crippen molar-refractivity contribution in [1.29, 1.82) is 0 Å². The van der Waals surface area contributed by atoms with Gasteiger partial charge < -0.3 is 15.4 Å². The number of nitrogens with zero attached hydrogens (tertiary/aromatic N) is 1. The highest BCUT2D eigenvalue weighted by molar-refractivity contribution is 5.92. The third-order valence-corrected chi connectivity index (χ3v) is 3.23. The van der Waals surface area contributed by atoms with E-state index in [1.165, 1.54) is 0 Å². The monoisotopic (exact) mass is 298 g/mol. The van der Waals surface area contributed by atoms with Crippen LogP contribution < -0.4 is 10.6 Å². The van der Waals surface area contributed by atoms with Crippen molar-refractivity contribution in [3.05, 3.63) is 65.2 Å². The summed E-state index contributed by atoms with van der Waals surface area (Å²) in [5.41, 5.74) is 7.90. The minimum atomic E-state index is -0.482. The Morgan fingerprint density at radius 1 is 0.955 bits per heavy atom. The average Bonchev–Trinajstić information content (AvgIpc) is 2.53. The largest absolute Gasteiger partial charge is 0.457 e. The SMILES string of the molecule is CN(C)c1ccc(C(=O)OCc2ccc(C(N)=O)cc2)cc1. The van der Waals surface area contributed by atoms with Crippen molar-refractivity contribution in [1.82, 2.24) is 0 Å². The summed E-state index contributed by atoms with van der Waals surface area (Å²) >= 11 is 0. The zero-order chi connectivity index (χ0) is 16.1. The fraction of sp³-hybridized carbons (Fsp3) is 0.176. The maximum absolute atomic E-state index is 12.0. The number of carbonyl (C=O) groups excluding carboxylic acids is 2. The zero-order valence-electron chi connectivity index (χ0n) is 12.6. The standard InChI is InChI=1S/C17H18N2O3/c1-19(2)15-9-7-14(8-10-15)17(21)22-11-12-3-5-13(6-4-12)16(18)20/h3-10H,11H2,1-2H3,(H2,18,20). The summed E-state index contributed by atoms with van der Waals surface area (Å²) in [5.74, 6) is -0.867. The van der Waals surface area contributed by atoms with Gasteiger partial charge in [-0.05, 0) is 42.0 Å². The molecule has 0 aromatic heterocycles. The summed E-state index contributed by atoms with van der Waals surface area (Å²) in [4.78, 5) is 24.9. The van der Waals surface area contributed by atoms with Crippen LogP contribution in [0.25, 0.3) is 0 Å². The summed E-state index contributed by atoms with van der Waals surface area (Å²) in [7, 11) is 3.87. The summed E-state index contributed by atoms with van der Waals surface area (Å²) in [5, 5.41) is 0. The van der Waals surface area contributed by atoms with Gasteiger partial charge in [0.05, 0.1) is 5.56 Å². The fourth-order valence-corrected chi connectivity index (χ4v) is 1.89. The van der Waals surface area contributed by atoms with Gasteiger partial charge in [0.25, 0.3) is 0 Å². The number of benzene rings is 2. The Morgan fingerprint density at radius 3 is 2.00 bits per heavy atom. The molecular weight excluding hydrogens is 280 g/mol. The first-order chi connectivity index (χ1) is 10.5. The second kappa shape index (κ2) is 6.76. The molecule has 0 saturated carbocycles. The molecule has 5 nitrogen and oxygen atoms in total. The quantitative estimate of drug-likeness (QED) is 0.859. The molecule has 1 amide bonds. The Kier molecular flexibility index (Phi) is 4.78. The topological polar surface area (TPSA) is 72.6 Å². The number of hydrogen-bond acceptors (Lipinski definition) is 4. The molecule has 2 rings (SSSR count). The first-order valence-corrected chi connectivity index (χ1v) is 6.80. The molecule has 0 aliphatic heterocycles. The van der Waals surface area contributed by atoms with Gasteiger partial charge in [0.1, 0.15) is 6.61 Å². The Bertz CT molecular complexity index is 661. The van der Waals surface area contributed by atoms with Gasteiger partial charge in [-0.1, -0.05) is 12.1 Å². The number of carbonyl (C=O) groups is 2. The summed E-state index contributed by atoms with van der Waals surface area (Å²) in [6.45, 7) is 0.146. The molecule has 0 spiro atoms. The Labute approximate surface area is 129 Å². The van der Waals surface area contributed by atoms with Crippen molar-refractivity contribution < 1.29 is 14.3 Å². The van der Waals surface area contributed by atoms with E-state index in [1.54, 1.807) is 36.4 Å². The molecule has 114 valence electrons. The lowest BCUT2D eigenvalue weighted by molar-refractivity contribution is 0.0472. The van der Waals surface area contributed by atoms with Gasteiger partial charge in [-0.25, -0.2) is 4.79 Å². The molecule has 2 N–H and O–H groups in total. The lowest BCUT2D eigenvalue weighted by Gasteiger charge is -2.12. The van der Waals surface area contributed by atoms with Crippen LogP contribution in [-0.2, 0) is 11.3 Å². The predicted octanol–water partition coefficient (Wildman–Crippen LogP) is 2.21. The number of esters is 1. The Morgan fingerprint density at radius 2 is 1.50 bits per heavy atom. The molecule has 5 heteroatoms. The highest BCUT2D eigenvalue weighted by Gasteiger charge is 2.08. The molecular formula is C17H18N2O3. The molecule has 0 radical (unpaired) electrons. The second-order valence-electron chi connectivity index (χ2n) is 5.08. The van der Waals surface area contributed by atoms with Gasteiger partial charge in [0, 0.05) is 25.3 Å². The van der Waals surface area contributed by atoms with Crippen LogP contribution in [0, 0.1) is 0 Å². The molecule has 0 atom stereocenters. The van der Waals surface area contributed by atoms with E-state index in [0.717, 1.165) is 11.3 Å². The third-order valence-electron chi connectivity index (χ3n) is 3.23. The lowest BCUT2D eigenvalue weighted by atomic mass is 10.1. The van der Waals surface area contributed by atoms with Crippen LogP contribution in [0.4, 0.5) is 5.69 Å². The van der Waals surface area contributed by atoms with Crippen LogP contribution >= 0.6 is 0 Å². The van der Waals surface area contributed by atoms with E-state index in [9.17, 15) is 9.59 Å². The van der Waals surface area contributed by atoms with E-state index >= 15 is 0 Å². The molecule has 0 heterocycles. The van der Waals surface area contributed by atoms with Crippen LogP contribution in [0.15, 0.2) is 48.5 Å². The number of nitrogens with two attached hydrogens (primary N) is 1. The van der Waals surface area contributed by atoms with E-state index in [2.05, 4.69) is 0 Å². The molecule has 0 unspecified atom stereocenters. The van der Waals surface area contributed by atoms with Gasteiger partial charge in [-0.3, -0.25) is 4.79 Å². The number of hydrogen-bond donors (Lipinski definition) is 1. The van der Waals surface area contributed by atoms with Crippen LogP contribution in [0.3, 0.4) is 0 Å². The highest BCUT2D eigenvalue weighted by Crippen LogP contribution is 2.14. The third kappa shape index (κ3) is 3.85. The van der Waals surface area contributed by atoms with Crippen molar-refractivity contribution in [2.45, 2.75) is 6.61 Å². The molecule has 0 aliphatic carbocycles. The minimum Gasteiger partial charge on any atom is -0.457 e. The maximum atomic E-state index is 12.0. The number of rotatable bonds is 5. The predicted molar refractivity (Wildman–Crippen MR) is 84.8 cm³/mol. The van der Waals surface area contributed by atoms with Crippen LogP contribution in [0.5, 0.6) is 0 Å². The van der Waals surface area contributed by atoms with Crippen LogP contribution in [0.2, 0.25) is 0 Å². The number of ether oxygens (including phenoxy) is 1. The highest BCUT2D eigenvalue weighted by atomic mass is 16.5. The van der Waals surface area contributed by atoms with E-state index in [-0.39, 0.29) is 12.6 Å². The Balaban J connectivity index is 1.96. The summed E-state index contributed by atoms with van der Waals surface area (Å²) < 4.78 is 5.25. The first-order valence-electron chi connectivity index (χ1n) is 6.80. The van der Waals surface area contributed by atoms with Crippen LogP contribution in [0.1, 0.15) is 26.3 Å². The number of amides is 1. The fourth-order valence-electron chi connectivity index (χ4n) is 1.89. The molecule has 22 heavy (non-hydrogen) atoms. The van der Waals surface area contributed by atoms with Crippen molar-refractivity contribution in [2.24, 2.45) is 5.73 Å².